The van der Waals surface area contributed by atoms with E-state index in [2.05, 4.69) is 26.7 Å². The lowest BCUT2D eigenvalue weighted by Crippen LogP contribution is -2.40. The number of aromatic nitrogens is 2. The predicted molar refractivity (Wildman–Crippen MR) is 131 cm³/mol. The average molecular weight is 455 g/mol. The van der Waals surface area contributed by atoms with Crippen LogP contribution in [0.15, 0.2) is 67.0 Å². The first kappa shape index (κ1) is 24.6. The van der Waals surface area contributed by atoms with Gasteiger partial charge in [0.2, 0.25) is 0 Å². The largest absolute Gasteiger partial charge is 0.453 e. The highest BCUT2D eigenvalue weighted by molar-refractivity contribution is 6.41. The second-order valence-electron chi connectivity index (χ2n) is 7.82. The summed E-state index contributed by atoms with van der Waals surface area (Å²) >= 11 is 0. The van der Waals surface area contributed by atoms with E-state index in [1.807, 2.05) is 55.5 Å². The van der Waals surface area contributed by atoms with E-state index in [1.165, 1.54) is 0 Å². The number of rotatable bonds is 9. The Morgan fingerprint density at radius 2 is 1.88 bits per heavy atom. The Balaban J connectivity index is 1.58. The van der Waals surface area contributed by atoms with Crippen LogP contribution in [0.1, 0.15) is 34.1 Å². The number of hydrogen-bond donors (Lipinski definition) is 4. The molecule has 1 heterocycles. The van der Waals surface area contributed by atoms with Crippen LogP contribution in [-0.4, -0.2) is 39.7 Å². The summed E-state index contributed by atoms with van der Waals surface area (Å²) in [4.78, 5) is 20.7. The fraction of sp³-hybridized carbons (Fsp3) is 0.200. The molecule has 0 aliphatic carbocycles. The van der Waals surface area contributed by atoms with Gasteiger partial charge in [0.1, 0.15) is 6.07 Å². The third-order valence-corrected chi connectivity index (χ3v) is 5.12. The first-order valence-electron chi connectivity index (χ1n) is 10.9. The molecule has 34 heavy (non-hydrogen) atoms. The molecule has 9 heteroatoms. The van der Waals surface area contributed by atoms with Crippen molar-refractivity contribution in [1.29, 1.82) is 5.26 Å². The molecule has 172 valence electrons. The van der Waals surface area contributed by atoms with E-state index >= 15 is 0 Å². The molecule has 1 atom stereocenters. The SMILES string of the molecule is Cc1ccc([C@H](CB(O)O)NC(=O)NCCc2cccc(C=C(C#N)c3ncccn3)c2)cc1. The number of nitrogens with one attached hydrogen (secondary N) is 2. The van der Waals surface area contributed by atoms with E-state index in [9.17, 15) is 20.1 Å². The van der Waals surface area contributed by atoms with Crippen LogP contribution in [0.2, 0.25) is 6.32 Å². The number of allylic oxidation sites excluding steroid dienone is 1. The smallest absolute Gasteiger partial charge is 0.427 e. The van der Waals surface area contributed by atoms with Crippen molar-refractivity contribution in [3.63, 3.8) is 0 Å². The zero-order valence-corrected chi connectivity index (χ0v) is 18.8. The number of aryl methyl sites for hydroxylation is 1. The van der Waals surface area contributed by atoms with Crippen molar-refractivity contribution in [1.82, 2.24) is 20.6 Å². The molecular formula is C25H26BN5O3. The molecule has 8 nitrogen and oxygen atoms in total. The van der Waals surface area contributed by atoms with Crippen molar-refractivity contribution in [3.8, 4) is 6.07 Å². The fourth-order valence-electron chi connectivity index (χ4n) is 3.41. The first-order valence-corrected chi connectivity index (χ1v) is 10.9. The van der Waals surface area contributed by atoms with Gasteiger partial charge in [0.25, 0.3) is 0 Å². The van der Waals surface area contributed by atoms with Gasteiger partial charge in [-0.25, -0.2) is 14.8 Å². The maximum Gasteiger partial charge on any atom is 0.453 e. The molecule has 0 bridgehead atoms. The lowest BCUT2D eigenvalue weighted by molar-refractivity contribution is 0.237. The maximum atomic E-state index is 12.4. The minimum Gasteiger partial charge on any atom is -0.427 e. The van der Waals surface area contributed by atoms with Crippen LogP contribution in [0.4, 0.5) is 4.79 Å². The average Bonchev–Trinajstić information content (AvgIpc) is 2.83. The normalized spacial score (nSPS) is 11.9. The Kier molecular flexibility index (Phi) is 8.92. The van der Waals surface area contributed by atoms with Gasteiger partial charge in [-0.2, -0.15) is 5.26 Å². The number of nitrogens with zero attached hydrogens (tertiary/aromatic N) is 3. The number of amides is 2. The molecule has 3 aromatic rings. The van der Waals surface area contributed by atoms with Gasteiger partial charge in [-0.3, -0.25) is 0 Å². The molecule has 4 N–H and O–H groups in total. The monoisotopic (exact) mass is 455 g/mol. The van der Waals surface area contributed by atoms with Crippen LogP contribution in [0.25, 0.3) is 11.6 Å². The van der Waals surface area contributed by atoms with E-state index in [0.29, 0.717) is 24.4 Å². The molecule has 0 radical (unpaired) electrons. The third kappa shape index (κ3) is 7.55. The maximum absolute atomic E-state index is 12.4. The second kappa shape index (κ2) is 12.3. The Labute approximate surface area is 199 Å². The number of nitriles is 1. The number of carbonyl (C=O) groups is 1. The minimum atomic E-state index is -1.54. The lowest BCUT2D eigenvalue weighted by atomic mass is 9.79. The van der Waals surface area contributed by atoms with Crippen molar-refractivity contribution >= 4 is 24.8 Å². The quantitative estimate of drug-likeness (QED) is 0.290. The van der Waals surface area contributed by atoms with Crippen molar-refractivity contribution < 1.29 is 14.8 Å². The summed E-state index contributed by atoms with van der Waals surface area (Å²) in [6.07, 6.45) is 5.47. The lowest BCUT2D eigenvalue weighted by Gasteiger charge is -2.19. The standard InChI is InChI=1S/C25H26BN5O3/c1-18-6-8-21(9-7-18)23(16-26(33)34)31-25(32)30-13-10-19-4-2-5-20(14-19)15-22(17-27)24-28-11-3-12-29-24/h2-9,11-12,14-15,23,33-34H,10,13,16H2,1H3,(H2,30,31,32)/t23-/m0/s1. The minimum absolute atomic E-state index is 0.0167. The summed E-state index contributed by atoms with van der Waals surface area (Å²) in [6, 6.07) is 18.1. The molecule has 3 rings (SSSR count). The van der Waals surface area contributed by atoms with E-state index in [0.717, 1.165) is 22.3 Å². The molecular weight excluding hydrogens is 429 g/mol. The highest BCUT2D eigenvalue weighted by atomic mass is 16.4. The molecule has 0 fully saturated rings. The van der Waals surface area contributed by atoms with Gasteiger partial charge < -0.3 is 20.7 Å². The van der Waals surface area contributed by atoms with E-state index in [4.69, 9.17) is 0 Å². The second-order valence-corrected chi connectivity index (χ2v) is 7.82. The molecule has 0 spiro atoms. The van der Waals surface area contributed by atoms with Crippen molar-refractivity contribution in [2.75, 3.05) is 6.54 Å². The van der Waals surface area contributed by atoms with Gasteiger partial charge in [0.05, 0.1) is 11.6 Å². The third-order valence-electron chi connectivity index (χ3n) is 5.12. The first-order chi connectivity index (χ1) is 16.4. The van der Waals surface area contributed by atoms with Crippen molar-refractivity contribution in [2.24, 2.45) is 0 Å². The molecule has 0 saturated heterocycles. The van der Waals surface area contributed by atoms with Gasteiger partial charge in [-0.15, -0.1) is 0 Å². The number of benzene rings is 2. The van der Waals surface area contributed by atoms with Crippen LogP contribution in [0.5, 0.6) is 0 Å². The topological polar surface area (TPSA) is 131 Å². The number of urea groups is 1. The molecule has 0 aliphatic rings. The van der Waals surface area contributed by atoms with E-state index < -0.39 is 19.2 Å². The molecule has 2 amide bonds. The summed E-state index contributed by atoms with van der Waals surface area (Å²) < 4.78 is 0. The molecule has 1 aromatic heterocycles. The van der Waals surface area contributed by atoms with Crippen LogP contribution < -0.4 is 10.6 Å². The van der Waals surface area contributed by atoms with Crippen molar-refractivity contribution in [2.45, 2.75) is 25.7 Å². The van der Waals surface area contributed by atoms with Gasteiger partial charge in [0, 0.05) is 25.3 Å². The Hall–Kier alpha value is -4.00. The summed E-state index contributed by atoms with van der Waals surface area (Å²) in [5, 5.41) is 33.9. The molecule has 0 saturated carbocycles. The summed E-state index contributed by atoms with van der Waals surface area (Å²) in [7, 11) is -1.54. The Morgan fingerprint density at radius 3 is 2.56 bits per heavy atom. The van der Waals surface area contributed by atoms with Gasteiger partial charge in [0.15, 0.2) is 5.82 Å². The zero-order chi connectivity index (χ0) is 24.3. The van der Waals surface area contributed by atoms with Crippen LogP contribution >= 0.6 is 0 Å². The van der Waals surface area contributed by atoms with Gasteiger partial charge >= 0.3 is 13.1 Å². The summed E-state index contributed by atoms with van der Waals surface area (Å²) in [6.45, 7) is 2.34. The summed E-state index contributed by atoms with van der Waals surface area (Å²) in [5.74, 6) is 0.366. The molecule has 2 aromatic carbocycles. The van der Waals surface area contributed by atoms with E-state index in [-0.39, 0.29) is 6.32 Å². The predicted octanol–water partition coefficient (Wildman–Crippen LogP) is 2.91. The Morgan fingerprint density at radius 1 is 1.15 bits per heavy atom. The van der Waals surface area contributed by atoms with Crippen LogP contribution in [0.3, 0.4) is 0 Å². The highest BCUT2D eigenvalue weighted by Crippen LogP contribution is 2.19. The van der Waals surface area contributed by atoms with Gasteiger partial charge in [-0.1, -0.05) is 54.1 Å². The van der Waals surface area contributed by atoms with Crippen LogP contribution in [-0.2, 0) is 6.42 Å². The molecule has 0 unspecified atom stereocenters. The van der Waals surface area contributed by atoms with Gasteiger partial charge in [-0.05, 0) is 42.2 Å². The fourth-order valence-corrected chi connectivity index (χ4v) is 3.41. The van der Waals surface area contributed by atoms with Crippen LogP contribution in [0, 0.1) is 18.3 Å². The zero-order valence-electron chi connectivity index (χ0n) is 18.8. The number of hydrogen-bond acceptors (Lipinski definition) is 6. The Bertz CT molecular complexity index is 1160. The molecule has 0 aliphatic heterocycles. The van der Waals surface area contributed by atoms with Crippen molar-refractivity contribution in [3.05, 3.63) is 95.1 Å². The van der Waals surface area contributed by atoms with E-state index in [1.54, 1.807) is 24.5 Å². The number of carbonyl (C=O) groups excluding carboxylic acids is 1. The highest BCUT2D eigenvalue weighted by Gasteiger charge is 2.20. The summed E-state index contributed by atoms with van der Waals surface area (Å²) in [5.41, 5.74) is 4.06.